The number of carbonyl (C=O) groups excluding carboxylic acids is 1. The third-order valence-corrected chi connectivity index (χ3v) is 4.73. The third kappa shape index (κ3) is 4.59. The van der Waals surface area contributed by atoms with Crippen LogP contribution >= 0.6 is 0 Å². The van der Waals surface area contributed by atoms with E-state index in [0.29, 0.717) is 19.8 Å². The van der Waals surface area contributed by atoms with Gasteiger partial charge in [-0.3, -0.25) is 4.90 Å². The van der Waals surface area contributed by atoms with Crippen molar-refractivity contribution in [3.63, 3.8) is 0 Å². The largest absolute Gasteiger partial charge is 0.444 e. The fourth-order valence-corrected chi connectivity index (χ4v) is 3.39. The lowest BCUT2D eigenvalue weighted by atomic mass is 9.78. The minimum Gasteiger partial charge on any atom is -0.444 e. The number of hydrogen-bond donors (Lipinski definition) is 1. The molecule has 0 radical (unpaired) electrons. The van der Waals surface area contributed by atoms with Crippen molar-refractivity contribution in [2.45, 2.75) is 71.1 Å². The van der Waals surface area contributed by atoms with Crippen molar-refractivity contribution in [3.8, 4) is 0 Å². The molecule has 0 aromatic heterocycles. The summed E-state index contributed by atoms with van der Waals surface area (Å²) in [4.78, 5) is 14.1. The summed E-state index contributed by atoms with van der Waals surface area (Å²) in [5.41, 5.74) is -0.523. The molecule has 1 amide bonds. The van der Waals surface area contributed by atoms with Crippen LogP contribution in [0, 0.1) is 11.8 Å². The van der Waals surface area contributed by atoms with Crippen LogP contribution in [0.5, 0.6) is 0 Å². The Kier molecular flexibility index (Phi) is 5.72. The van der Waals surface area contributed by atoms with E-state index in [2.05, 4.69) is 6.92 Å². The fourth-order valence-electron chi connectivity index (χ4n) is 3.39. The summed E-state index contributed by atoms with van der Waals surface area (Å²) in [6.07, 6.45) is 3.50. The van der Waals surface area contributed by atoms with Gasteiger partial charge in [-0.1, -0.05) is 19.8 Å². The van der Waals surface area contributed by atoms with Gasteiger partial charge in [0.15, 0.2) is 0 Å². The number of carbonyl (C=O) groups is 1. The average molecular weight is 313 g/mol. The van der Waals surface area contributed by atoms with Crippen LogP contribution < -0.4 is 0 Å². The number of rotatable bonds is 2. The van der Waals surface area contributed by atoms with Gasteiger partial charge in [0, 0.05) is 6.54 Å². The zero-order chi connectivity index (χ0) is 16.3. The van der Waals surface area contributed by atoms with Gasteiger partial charge < -0.3 is 14.6 Å². The topological polar surface area (TPSA) is 59.0 Å². The molecule has 0 bridgehead atoms. The molecular formula is C17H31NO4. The molecule has 5 nitrogen and oxygen atoms in total. The molecule has 1 heterocycles. The second kappa shape index (κ2) is 7.18. The van der Waals surface area contributed by atoms with Crippen molar-refractivity contribution in [1.82, 2.24) is 4.90 Å². The van der Waals surface area contributed by atoms with Crippen LogP contribution in [0.3, 0.4) is 0 Å². The molecule has 1 N–H and O–H groups in total. The highest BCUT2D eigenvalue weighted by Crippen LogP contribution is 2.33. The van der Waals surface area contributed by atoms with Gasteiger partial charge in [-0.05, 0) is 45.4 Å². The Bertz CT molecular complexity index is 371. The Balaban J connectivity index is 2.01. The van der Waals surface area contributed by atoms with Crippen LogP contribution in [0.4, 0.5) is 4.79 Å². The Morgan fingerprint density at radius 1 is 1.27 bits per heavy atom. The first kappa shape index (κ1) is 17.5. The van der Waals surface area contributed by atoms with Gasteiger partial charge in [-0.2, -0.15) is 0 Å². The number of aliphatic hydroxyl groups is 1. The lowest BCUT2D eigenvalue weighted by Crippen LogP contribution is -2.57. The number of nitrogens with zero attached hydrogens (tertiary/aromatic N) is 1. The predicted molar refractivity (Wildman–Crippen MR) is 84.7 cm³/mol. The Morgan fingerprint density at radius 2 is 1.91 bits per heavy atom. The van der Waals surface area contributed by atoms with E-state index in [0.717, 1.165) is 31.6 Å². The van der Waals surface area contributed by atoms with Crippen molar-refractivity contribution in [3.05, 3.63) is 0 Å². The molecule has 1 aliphatic carbocycles. The number of amides is 1. The minimum absolute atomic E-state index is 0.257. The number of morpholine rings is 1. The summed E-state index contributed by atoms with van der Waals surface area (Å²) in [5.74, 6) is 1.00. The lowest BCUT2D eigenvalue weighted by molar-refractivity contribution is -0.0839. The molecule has 2 rings (SSSR count). The van der Waals surface area contributed by atoms with E-state index in [4.69, 9.17) is 9.47 Å². The van der Waals surface area contributed by atoms with Gasteiger partial charge >= 0.3 is 6.09 Å². The Morgan fingerprint density at radius 3 is 2.50 bits per heavy atom. The molecule has 2 fully saturated rings. The maximum Gasteiger partial charge on any atom is 0.410 e. The van der Waals surface area contributed by atoms with E-state index >= 15 is 0 Å². The summed E-state index contributed by atoms with van der Waals surface area (Å²) in [5, 5.41) is 10.8. The summed E-state index contributed by atoms with van der Waals surface area (Å²) in [6, 6.07) is -0.290. The van der Waals surface area contributed by atoms with E-state index < -0.39 is 11.7 Å². The van der Waals surface area contributed by atoms with Gasteiger partial charge in [-0.15, -0.1) is 0 Å². The molecule has 1 aliphatic heterocycles. The molecule has 1 saturated heterocycles. The first-order valence-corrected chi connectivity index (χ1v) is 8.53. The summed E-state index contributed by atoms with van der Waals surface area (Å²) < 4.78 is 11.0. The normalized spacial score (nSPS) is 31.7. The highest BCUT2D eigenvalue weighted by molar-refractivity contribution is 5.68. The molecule has 2 atom stereocenters. The van der Waals surface area contributed by atoms with Crippen molar-refractivity contribution in [2.24, 2.45) is 11.8 Å². The van der Waals surface area contributed by atoms with Crippen LogP contribution in [0.15, 0.2) is 0 Å². The van der Waals surface area contributed by atoms with E-state index in [9.17, 15) is 9.90 Å². The van der Waals surface area contributed by atoms with Gasteiger partial charge in [-0.25, -0.2) is 4.79 Å². The van der Waals surface area contributed by atoms with Crippen molar-refractivity contribution < 1.29 is 19.4 Å². The van der Waals surface area contributed by atoms with Crippen molar-refractivity contribution >= 4 is 6.09 Å². The Labute approximate surface area is 134 Å². The highest BCUT2D eigenvalue weighted by atomic mass is 16.6. The third-order valence-electron chi connectivity index (χ3n) is 4.73. The molecule has 22 heavy (non-hydrogen) atoms. The lowest BCUT2D eigenvalue weighted by Gasteiger charge is -2.42. The zero-order valence-corrected chi connectivity index (χ0v) is 14.4. The maximum absolute atomic E-state index is 12.4. The molecule has 2 unspecified atom stereocenters. The highest BCUT2D eigenvalue weighted by Gasteiger charge is 2.39. The number of hydrogen-bond acceptors (Lipinski definition) is 4. The average Bonchev–Trinajstić information content (AvgIpc) is 2.45. The second-order valence-corrected chi connectivity index (χ2v) is 7.83. The monoisotopic (exact) mass is 313 g/mol. The van der Waals surface area contributed by atoms with Gasteiger partial charge in [0.2, 0.25) is 0 Å². The molecule has 1 saturated carbocycles. The van der Waals surface area contributed by atoms with Crippen molar-refractivity contribution in [1.29, 1.82) is 0 Å². The van der Waals surface area contributed by atoms with E-state index in [1.807, 2.05) is 20.8 Å². The Hall–Kier alpha value is -0.810. The van der Waals surface area contributed by atoms with Gasteiger partial charge in [0.1, 0.15) is 5.60 Å². The maximum atomic E-state index is 12.4. The smallest absolute Gasteiger partial charge is 0.410 e. The molecule has 0 spiro atoms. The van der Waals surface area contributed by atoms with Crippen LogP contribution in [0.25, 0.3) is 0 Å². The van der Waals surface area contributed by atoms with Crippen LogP contribution in [-0.2, 0) is 9.47 Å². The first-order valence-electron chi connectivity index (χ1n) is 8.53. The second-order valence-electron chi connectivity index (χ2n) is 7.83. The first-order chi connectivity index (χ1) is 10.3. The number of ether oxygens (including phenoxy) is 2. The standard InChI is InChI=1S/C17H31NO4/c1-12-5-7-13(8-6-12)15(19)14-11-21-10-9-18(14)16(20)22-17(2,3)4/h12-15,19H,5-11H2,1-4H3. The quantitative estimate of drug-likeness (QED) is 0.851. The zero-order valence-electron chi connectivity index (χ0n) is 14.4. The fraction of sp³-hybridized carbons (Fsp3) is 0.941. The molecule has 5 heteroatoms. The summed E-state index contributed by atoms with van der Waals surface area (Å²) >= 11 is 0. The summed E-state index contributed by atoms with van der Waals surface area (Å²) in [7, 11) is 0. The van der Waals surface area contributed by atoms with Crippen LogP contribution in [-0.4, -0.2) is 53.6 Å². The number of aliphatic hydroxyl groups excluding tert-OH is 1. The SMILES string of the molecule is CC1CCC(C(O)C2COCCN2C(=O)OC(C)(C)C)CC1. The summed E-state index contributed by atoms with van der Waals surface area (Å²) in [6.45, 7) is 9.23. The molecule has 128 valence electrons. The van der Waals surface area contributed by atoms with Gasteiger partial charge in [0.25, 0.3) is 0 Å². The van der Waals surface area contributed by atoms with Gasteiger partial charge in [0.05, 0.1) is 25.4 Å². The van der Waals surface area contributed by atoms with Crippen LogP contribution in [0.1, 0.15) is 53.4 Å². The minimum atomic E-state index is -0.527. The molecule has 0 aromatic rings. The van der Waals surface area contributed by atoms with E-state index in [1.165, 1.54) is 0 Å². The molecular weight excluding hydrogens is 282 g/mol. The molecule has 0 aromatic carbocycles. The van der Waals surface area contributed by atoms with Crippen molar-refractivity contribution in [2.75, 3.05) is 19.8 Å². The van der Waals surface area contributed by atoms with E-state index in [-0.39, 0.29) is 18.1 Å². The molecule has 2 aliphatic rings. The van der Waals surface area contributed by atoms with E-state index in [1.54, 1.807) is 4.90 Å². The predicted octanol–water partition coefficient (Wildman–Crippen LogP) is 2.81. The van der Waals surface area contributed by atoms with Crippen LogP contribution in [0.2, 0.25) is 0 Å².